The molecule has 0 aliphatic carbocycles. The van der Waals surface area contributed by atoms with Gasteiger partial charge in [-0.3, -0.25) is 9.59 Å². The largest absolute Gasteiger partial charge is 0.490 e. The van der Waals surface area contributed by atoms with Crippen LogP contribution in [0.4, 0.5) is 4.39 Å². The van der Waals surface area contributed by atoms with Crippen LogP contribution in [0.5, 0.6) is 5.75 Å². The van der Waals surface area contributed by atoms with Gasteiger partial charge in [0.25, 0.3) is 0 Å². The zero-order chi connectivity index (χ0) is 13.5. The summed E-state index contributed by atoms with van der Waals surface area (Å²) in [5, 5.41) is 8.50. The van der Waals surface area contributed by atoms with E-state index in [0.717, 1.165) is 4.90 Å². The van der Waals surface area contributed by atoms with E-state index in [0.29, 0.717) is 0 Å². The van der Waals surface area contributed by atoms with Gasteiger partial charge in [-0.2, -0.15) is 0 Å². The summed E-state index contributed by atoms with van der Waals surface area (Å²) in [6.45, 7) is -0.359. The van der Waals surface area contributed by atoms with Gasteiger partial charge in [-0.1, -0.05) is 12.1 Å². The van der Waals surface area contributed by atoms with Crippen LogP contribution >= 0.6 is 0 Å². The molecule has 18 heavy (non-hydrogen) atoms. The minimum atomic E-state index is -1.08. The Labute approximate surface area is 104 Å². The van der Waals surface area contributed by atoms with E-state index in [-0.39, 0.29) is 31.2 Å². The lowest BCUT2D eigenvalue weighted by Gasteiger charge is -2.14. The molecule has 0 aliphatic rings. The first-order valence-corrected chi connectivity index (χ1v) is 5.34. The van der Waals surface area contributed by atoms with Gasteiger partial charge in [-0.15, -0.1) is 0 Å². The summed E-state index contributed by atoms with van der Waals surface area (Å²) in [6, 6.07) is 5.87. The van der Waals surface area contributed by atoms with E-state index in [1.165, 1.54) is 25.2 Å². The molecule has 1 rings (SSSR count). The molecule has 0 radical (unpaired) electrons. The number of halogens is 1. The first-order valence-electron chi connectivity index (χ1n) is 5.34. The molecule has 0 fully saturated rings. The lowest BCUT2D eigenvalue weighted by Crippen LogP contribution is -2.32. The number of carboxylic acid groups (broad SMARTS) is 1. The summed E-state index contributed by atoms with van der Waals surface area (Å²) >= 11 is 0. The first kappa shape index (κ1) is 14.0. The Morgan fingerprint density at radius 1 is 1.39 bits per heavy atom. The predicted molar refractivity (Wildman–Crippen MR) is 61.8 cm³/mol. The fraction of sp³-hybridized carbons (Fsp3) is 0.333. The number of para-hydroxylation sites is 1. The fourth-order valence-corrected chi connectivity index (χ4v) is 1.29. The molecule has 6 heteroatoms. The topological polar surface area (TPSA) is 66.8 Å². The Kier molecular flexibility index (Phi) is 5.10. The Bertz CT molecular complexity index is 436. The van der Waals surface area contributed by atoms with Gasteiger partial charge in [0.2, 0.25) is 5.91 Å². The number of hydrogen-bond donors (Lipinski definition) is 1. The third kappa shape index (κ3) is 4.40. The van der Waals surface area contributed by atoms with E-state index in [1.807, 2.05) is 0 Å². The number of hydrogen-bond acceptors (Lipinski definition) is 3. The second kappa shape index (κ2) is 6.58. The Hall–Kier alpha value is -2.11. The maximum atomic E-state index is 13.1. The molecule has 1 aromatic carbocycles. The van der Waals surface area contributed by atoms with Crippen LogP contribution in [0, 0.1) is 5.82 Å². The van der Waals surface area contributed by atoms with E-state index in [1.54, 1.807) is 6.07 Å². The van der Waals surface area contributed by atoms with Gasteiger partial charge in [-0.05, 0) is 12.1 Å². The Morgan fingerprint density at radius 3 is 2.67 bits per heavy atom. The van der Waals surface area contributed by atoms with Gasteiger partial charge in [0.15, 0.2) is 11.6 Å². The summed E-state index contributed by atoms with van der Waals surface area (Å²) in [4.78, 5) is 22.9. The lowest BCUT2D eigenvalue weighted by atomic mass is 10.3. The third-order valence-corrected chi connectivity index (χ3v) is 2.21. The first-order chi connectivity index (χ1) is 8.50. The van der Waals surface area contributed by atoms with Crippen molar-refractivity contribution in [3.8, 4) is 5.75 Å². The molecule has 0 atom stereocenters. The summed E-state index contributed by atoms with van der Waals surface area (Å²) in [7, 11) is 1.39. The van der Waals surface area contributed by atoms with Crippen LogP contribution in [-0.4, -0.2) is 42.1 Å². The predicted octanol–water partition coefficient (Wildman–Crippen LogP) is 1.14. The fourth-order valence-electron chi connectivity index (χ4n) is 1.29. The van der Waals surface area contributed by atoms with E-state index >= 15 is 0 Å². The molecule has 1 amide bonds. The molecule has 0 aliphatic heterocycles. The highest BCUT2D eigenvalue weighted by Gasteiger charge is 2.12. The average Bonchev–Trinajstić information content (AvgIpc) is 2.30. The number of carbonyl (C=O) groups is 2. The molecular weight excluding hydrogens is 241 g/mol. The van der Waals surface area contributed by atoms with Gasteiger partial charge >= 0.3 is 5.97 Å². The monoisotopic (exact) mass is 255 g/mol. The zero-order valence-electron chi connectivity index (χ0n) is 9.93. The molecule has 0 heterocycles. The van der Waals surface area contributed by atoms with Crippen LogP contribution in [0.15, 0.2) is 24.3 Å². The maximum Gasteiger partial charge on any atom is 0.323 e. The molecular formula is C12H14FNO4. The van der Waals surface area contributed by atoms with Crippen LogP contribution < -0.4 is 4.74 Å². The number of aliphatic carboxylic acids is 1. The average molecular weight is 255 g/mol. The maximum absolute atomic E-state index is 13.1. The number of carboxylic acids is 1. The highest BCUT2D eigenvalue weighted by Crippen LogP contribution is 2.15. The number of rotatable bonds is 6. The minimum absolute atomic E-state index is 0.00187. The molecule has 0 aromatic heterocycles. The highest BCUT2D eigenvalue weighted by atomic mass is 19.1. The van der Waals surface area contributed by atoms with Crippen molar-refractivity contribution in [3.05, 3.63) is 30.1 Å². The molecule has 1 N–H and O–H groups in total. The standard InChI is InChI=1S/C12H14FNO4/c1-14(8-12(16)17)11(15)6-7-18-10-5-3-2-4-9(10)13/h2-5H,6-8H2,1H3,(H,16,17). The van der Waals surface area contributed by atoms with Crippen molar-refractivity contribution in [2.75, 3.05) is 20.2 Å². The van der Waals surface area contributed by atoms with Crippen LogP contribution in [0.25, 0.3) is 0 Å². The quantitative estimate of drug-likeness (QED) is 0.827. The van der Waals surface area contributed by atoms with Crippen molar-refractivity contribution in [2.45, 2.75) is 6.42 Å². The van der Waals surface area contributed by atoms with Crippen molar-refractivity contribution < 1.29 is 23.8 Å². The number of benzene rings is 1. The summed E-state index contributed by atoms with van der Waals surface area (Å²) < 4.78 is 18.2. The molecule has 0 saturated carbocycles. The number of nitrogens with zero attached hydrogens (tertiary/aromatic N) is 1. The minimum Gasteiger partial charge on any atom is -0.490 e. The van der Waals surface area contributed by atoms with Crippen molar-refractivity contribution in [3.63, 3.8) is 0 Å². The van der Waals surface area contributed by atoms with Crippen LogP contribution in [-0.2, 0) is 9.59 Å². The summed E-state index contributed by atoms with van der Waals surface area (Å²) in [6.07, 6.45) is -0.00187. The second-order valence-electron chi connectivity index (χ2n) is 3.67. The van der Waals surface area contributed by atoms with E-state index in [2.05, 4.69) is 0 Å². The van der Waals surface area contributed by atoms with Gasteiger partial charge in [0, 0.05) is 7.05 Å². The molecule has 0 unspecified atom stereocenters. The summed E-state index contributed by atoms with van der Waals surface area (Å²) in [5.74, 6) is -1.87. The highest BCUT2D eigenvalue weighted by molar-refractivity contribution is 5.81. The van der Waals surface area contributed by atoms with Crippen molar-refractivity contribution >= 4 is 11.9 Å². The molecule has 5 nitrogen and oxygen atoms in total. The lowest BCUT2D eigenvalue weighted by molar-refractivity contribution is -0.143. The van der Waals surface area contributed by atoms with Crippen molar-refractivity contribution in [2.24, 2.45) is 0 Å². The van der Waals surface area contributed by atoms with Gasteiger partial charge < -0.3 is 14.7 Å². The van der Waals surface area contributed by atoms with Gasteiger partial charge in [0.1, 0.15) is 6.54 Å². The molecule has 1 aromatic rings. The van der Waals surface area contributed by atoms with Crippen LogP contribution in [0.2, 0.25) is 0 Å². The van der Waals surface area contributed by atoms with E-state index in [9.17, 15) is 14.0 Å². The van der Waals surface area contributed by atoms with Crippen molar-refractivity contribution in [1.82, 2.24) is 4.90 Å². The van der Waals surface area contributed by atoms with Crippen LogP contribution in [0.3, 0.4) is 0 Å². The third-order valence-electron chi connectivity index (χ3n) is 2.21. The zero-order valence-corrected chi connectivity index (χ0v) is 9.93. The number of likely N-dealkylation sites (N-methyl/N-ethyl adjacent to an activating group) is 1. The molecule has 0 saturated heterocycles. The number of ether oxygens (including phenoxy) is 1. The van der Waals surface area contributed by atoms with E-state index < -0.39 is 11.8 Å². The molecule has 0 bridgehead atoms. The van der Waals surface area contributed by atoms with Crippen molar-refractivity contribution in [1.29, 1.82) is 0 Å². The van der Waals surface area contributed by atoms with Gasteiger partial charge in [0.05, 0.1) is 13.0 Å². The summed E-state index contributed by atoms with van der Waals surface area (Å²) in [5.41, 5.74) is 0. The molecule has 98 valence electrons. The smallest absolute Gasteiger partial charge is 0.323 e. The second-order valence-corrected chi connectivity index (χ2v) is 3.67. The van der Waals surface area contributed by atoms with E-state index in [4.69, 9.17) is 9.84 Å². The normalized spacial score (nSPS) is 9.89. The van der Waals surface area contributed by atoms with Crippen LogP contribution in [0.1, 0.15) is 6.42 Å². The Balaban J connectivity index is 2.36. The van der Waals surface area contributed by atoms with Gasteiger partial charge in [-0.25, -0.2) is 4.39 Å². The molecule has 0 spiro atoms. The number of carbonyl (C=O) groups excluding carboxylic acids is 1. The SMILES string of the molecule is CN(CC(=O)O)C(=O)CCOc1ccccc1F. The number of amides is 1. The Morgan fingerprint density at radius 2 is 2.06 bits per heavy atom.